The van der Waals surface area contributed by atoms with Crippen LogP contribution in [0.4, 0.5) is 0 Å². The van der Waals surface area contributed by atoms with E-state index in [1.54, 1.807) is 6.08 Å². The number of hydrogen-bond acceptors (Lipinski definition) is 8. The van der Waals surface area contributed by atoms with E-state index >= 15 is 0 Å². The molecule has 0 amide bonds. The van der Waals surface area contributed by atoms with Crippen molar-refractivity contribution in [3.8, 4) is 0 Å². The number of unbranched alkanes of at least 4 members (excludes halogenated alkanes) is 17. The Hall–Kier alpha value is -1.84. The Morgan fingerprint density at radius 1 is 0.647 bits per heavy atom. The molecule has 2 atom stereocenters. The normalized spacial score (nSPS) is 13.8. The van der Waals surface area contributed by atoms with Crippen molar-refractivity contribution in [1.82, 2.24) is 0 Å². The van der Waals surface area contributed by atoms with Gasteiger partial charge in [0.1, 0.15) is 19.8 Å². The van der Waals surface area contributed by atoms with Crippen molar-refractivity contribution in [2.75, 3.05) is 47.5 Å². The molecule has 51 heavy (non-hydrogen) atoms. The monoisotopic (exact) mass is 745 g/mol. The lowest BCUT2D eigenvalue weighted by Crippen LogP contribution is -2.37. The summed E-state index contributed by atoms with van der Waals surface area (Å²) < 4.78 is 34.1. The molecule has 10 nitrogen and oxygen atoms in total. The molecule has 0 aliphatic heterocycles. The van der Waals surface area contributed by atoms with Crippen LogP contribution in [0.15, 0.2) is 24.3 Å². The van der Waals surface area contributed by atoms with Gasteiger partial charge in [-0.25, -0.2) is 4.57 Å². The second kappa shape index (κ2) is 32.8. The summed E-state index contributed by atoms with van der Waals surface area (Å²) in [6.07, 6.45) is 29.2. The predicted molar refractivity (Wildman–Crippen MR) is 206 cm³/mol. The summed E-state index contributed by atoms with van der Waals surface area (Å²) >= 11 is 0. The van der Waals surface area contributed by atoms with Gasteiger partial charge in [-0.1, -0.05) is 128 Å². The van der Waals surface area contributed by atoms with E-state index in [1.807, 2.05) is 33.3 Å². The zero-order valence-electron chi connectivity index (χ0n) is 33.1. The summed E-state index contributed by atoms with van der Waals surface area (Å²) in [5.41, 5.74) is 0. The summed E-state index contributed by atoms with van der Waals surface area (Å²) in [7, 11) is 1.43. The molecule has 0 radical (unpaired) electrons. The molecule has 298 valence electrons. The van der Waals surface area contributed by atoms with Gasteiger partial charge in [0.15, 0.2) is 11.9 Å². The van der Waals surface area contributed by atoms with Crippen LogP contribution in [-0.4, -0.2) is 80.7 Å². The van der Waals surface area contributed by atoms with Gasteiger partial charge in [-0.3, -0.25) is 23.4 Å². The fraction of sp³-hybridized carbons (Fsp3) is 0.825. The van der Waals surface area contributed by atoms with Crippen molar-refractivity contribution in [2.45, 2.75) is 168 Å². The number of rotatable bonds is 36. The SMILES string of the molecule is CCCCCCCCCCCCCC(=O)O[C@H](COC(=O)CCCCCCC/C=C\C=C\C(=O)CCCCC)COP(=O)(O)OCC[N+](C)(C)C. The molecule has 0 spiro atoms. The van der Waals surface area contributed by atoms with Crippen LogP contribution in [0.2, 0.25) is 0 Å². The highest BCUT2D eigenvalue weighted by atomic mass is 31.2. The van der Waals surface area contributed by atoms with E-state index in [0.717, 1.165) is 70.6 Å². The summed E-state index contributed by atoms with van der Waals surface area (Å²) in [5.74, 6) is -0.679. The standard InChI is InChI=1S/C40H74NO9P/c1-6-8-10-11-12-13-14-17-21-24-28-32-40(44)50-38(36-49-51(45,46)48-34-33-41(3,4)5)35-47-39(43)31-27-23-20-18-15-16-19-22-26-30-37(42)29-25-9-7-2/h19,22,26,30,38H,6-18,20-21,23-25,27-29,31-36H2,1-5H3/p+1/b22-19-,30-26+/t38-/m1/s1. The number of ether oxygens (including phenoxy) is 2. The Labute approximate surface area is 311 Å². The molecular formula is C40H75NO9P+. The lowest BCUT2D eigenvalue weighted by Gasteiger charge is -2.24. The minimum Gasteiger partial charge on any atom is -0.462 e. The minimum absolute atomic E-state index is 0.0189. The lowest BCUT2D eigenvalue weighted by molar-refractivity contribution is -0.870. The summed E-state index contributed by atoms with van der Waals surface area (Å²) in [4.78, 5) is 46.9. The Morgan fingerprint density at radius 3 is 1.75 bits per heavy atom. The number of carbonyl (C=O) groups excluding carboxylic acids is 3. The third-order valence-electron chi connectivity index (χ3n) is 8.46. The molecule has 1 unspecified atom stereocenters. The van der Waals surface area contributed by atoms with Crippen LogP contribution in [-0.2, 0) is 37.5 Å². The Kier molecular flexibility index (Phi) is 31.6. The van der Waals surface area contributed by atoms with Gasteiger partial charge >= 0.3 is 19.8 Å². The summed E-state index contributed by atoms with van der Waals surface area (Å²) in [6, 6.07) is 0. The molecule has 0 saturated carbocycles. The molecule has 0 aliphatic rings. The van der Waals surface area contributed by atoms with Crippen molar-refractivity contribution < 1.29 is 46.8 Å². The molecule has 0 rings (SSSR count). The molecule has 11 heteroatoms. The van der Waals surface area contributed by atoms with Gasteiger partial charge in [-0.2, -0.15) is 0 Å². The quantitative estimate of drug-likeness (QED) is 0.0167. The fourth-order valence-corrected chi connectivity index (χ4v) is 5.97. The Bertz CT molecular complexity index is 993. The molecule has 0 aromatic heterocycles. The maximum atomic E-state index is 12.6. The number of nitrogens with zero attached hydrogens (tertiary/aromatic N) is 1. The first-order valence-electron chi connectivity index (χ1n) is 20.0. The van der Waals surface area contributed by atoms with Crippen LogP contribution >= 0.6 is 7.82 Å². The average Bonchev–Trinajstić information content (AvgIpc) is 3.06. The number of likely N-dealkylation sites (N-methyl/N-ethyl adjacent to an activating group) is 1. The largest absolute Gasteiger partial charge is 0.472 e. The van der Waals surface area contributed by atoms with E-state index in [1.165, 1.54) is 44.9 Å². The van der Waals surface area contributed by atoms with Crippen molar-refractivity contribution in [1.29, 1.82) is 0 Å². The predicted octanol–water partition coefficient (Wildman–Crippen LogP) is 9.97. The van der Waals surface area contributed by atoms with Gasteiger partial charge in [0.25, 0.3) is 0 Å². The number of carbonyl (C=O) groups is 3. The van der Waals surface area contributed by atoms with Gasteiger partial charge in [-0.15, -0.1) is 0 Å². The van der Waals surface area contributed by atoms with Gasteiger partial charge in [0.2, 0.25) is 0 Å². The first-order valence-corrected chi connectivity index (χ1v) is 21.5. The number of esters is 2. The van der Waals surface area contributed by atoms with E-state index in [-0.39, 0.29) is 31.8 Å². The minimum atomic E-state index is -4.38. The number of hydrogen-bond donors (Lipinski definition) is 1. The molecule has 0 heterocycles. The van der Waals surface area contributed by atoms with Crippen molar-refractivity contribution in [2.24, 2.45) is 0 Å². The van der Waals surface area contributed by atoms with E-state index < -0.39 is 32.5 Å². The van der Waals surface area contributed by atoms with Gasteiger partial charge in [0.05, 0.1) is 27.7 Å². The zero-order chi connectivity index (χ0) is 38.1. The summed E-state index contributed by atoms with van der Waals surface area (Å²) in [6.45, 7) is 4.19. The van der Waals surface area contributed by atoms with Crippen LogP contribution < -0.4 is 0 Å². The van der Waals surface area contributed by atoms with Gasteiger partial charge < -0.3 is 18.9 Å². The lowest BCUT2D eigenvalue weighted by atomic mass is 10.1. The van der Waals surface area contributed by atoms with E-state index in [4.69, 9.17) is 18.5 Å². The number of allylic oxidation sites excluding steroid dienone is 4. The molecule has 0 aromatic carbocycles. The number of quaternary nitrogens is 1. The molecular weight excluding hydrogens is 669 g/mol. The highest BCUT2D eigenvalue weighted by Gasteiger charge is 2.27. The highest BCUT2D eigenvalue weighted by Crippen LogP contribution is 2.43. The average molecular weight is 745 g/mol. The molecule has 0 fully saturated rings. The van der Waals surface area contributed by atoms with E-state index in [2.05, 4.69) is 19.9 Å². The molecule has 0 aliphatic carbocycles. The number of ketones is 1. The van der Waals surface area contributed by atoms with Crippen molar-refractivity contribution >= 4 is 25.5 Å². The molecule has 0 aromatic rings. The summed E-state index contributed by atoms with van der Waals surface area (Å²) in [5, 5.41) is 0. The van der Waals surface area contributed by atoms with Crippen LogP contribution in [0.5, 0.6) is 0 Å². The highest BCUT2D eigenvalue weighted by molar-refractivity contribution is 7.47. The zero-order valence-corrected chi connectivity index (χ0v) is 34.0. The third-order valence-corrected chi connectivity index (χ3v) is 9.44. The topological polar surface area (TPSA) is 125 Å². The van der Waals surface area contributed by atoms with E-state index in [9.17, 15) is 23.8 Å². The first-order chi connectivity index (χ1) is 24.4. The van der Waals surface area contributed by atoms with Crippen LogP contribution in [0.1, 0.15) is 162 Å². The maximum absolute atomic E-state index is 12.6. The number of phosphoric acid groups is 1. The van der Waals surface area contributed by atoms with Crippen molar-refractivity contribution in [3.63, 3.8) is 0 Å². The van der Waals surface area contributed by atoms with Crippen LogP contribution in [0, 0.1) is 0 Å². The van der Waals surface area contributed by atoms with Crippen LogP contribution in [0.3, 0.4) is 0 Å². The smallest absolute Gasteiger partial charge is 0.462 e. The number of phosphoric ester groups is 1. The van der Waals surface area contributed by atoms with Gasteiger partial charge in [0, 0.05) is 19.3 Å². The molecule has 0 bridgehead atoms. The Morgan fingerprint density at radius 2 is 1.16 bits per heavy atom. The van der Waals surface area contributed by atoms with Crippen molar-refractivity contribution in [3.05, 3.63) is 24.3 Å². The second-order valence-corrected chi connectivity index (χ2v) is 16.2. The molecule has 1 N–H and O–H groups in total. The van der Waals surface area contributed by atoms with Gasteiger partial charge in [-0.05, 0) is 38.2 Å². The molecule has 0 saturated heterocycles. The third kappa shape index (κ3) is 36.3. The first kappa shape index (κ1) is 49.2. The van der Waals surface area contributed by atoms with E-state index in [0.29, 0.717) is 30.3 Å². The maximum Gasteiger partial charge on any atom is 0.472 e. The second-order valence-electron chi connectivity index (χ2n) is 14.7. The Balaban J connectivity index is 4.46. The fourth-order valence-electron chi connectivity index (χ4n) is 5.23. The van der Waals surface area contributed by atoms with Crippen LogP contribution in [0.25, 0.3) is 0 Å².